The molecule has 0 saturated carbocycles. The Morgan fingerprint density at radius 3 is 2.75 bits per heavy atom. The monoisotopic (exact) mass is 332 g/mol. The molecule has 0 atom stereocenters. The van der Waals surface area contributed by atoms with Gasteiger partial charge in [0.1, 0.15) is 0 Å². The molecular weight excluding hydrogens is 315 g/mol. The number of pyridine rings is 1. The molecule has 1 aromatic heterocycles. The van der Waals surface area contributed by atoms with Crippen LogP contribution in [0.4, 0.5) is 0 Å². The van der Waals surface area contributed by atoms with Gasteiger partial charge >= 0.3 is 0 Å². The molecule has 1 aliphatic rings. The number of nitrogens with zero attached hydrogens (tertiary/aromatic N) is 2. The van der Waals surface area contributed by atoms with Gasteiger partial charge in [-0.1, -0.05) is 6.07 Å². The Bertz CT molecular complexity index is 386. The van der Waals surface area contributed by atoms with Gasteiger partial charge in [-0.25, -0.2) is 4.99 Å². The Balaban J connectivity index is 0.00000128. The molecule has 0 amide bonds. The Hall–Kier alpha value is -0.850. The summed E-state index contributed by atoms with van der Waals surface area (Å²) in [4.78, 5) is 8.52. The second-order valence-electron chi connectivity index (χ2n) is 3.86. The van der Waals surface area contributed by atoms with Crippen LogP contribution in [0.25, 0.3) is 0 Å². The highest BCUT2D eigenvalue weighted by Crippen LogP contribution is 2.19. The number of halogens is 1. The molecule has 1 aromatic rings. The molecule has 1 heterocycles. The zero-order valence-corrected chi connectivity index (χ0v) is 11.5. The predicted octanol–water partition coefficient (Wildman–Crippen LogP) is 1.35. The summed E-state index contributed by atoms with van der Waals surface area (Å²) in [5.41, 5.74) is 14.1. The molecule has 0 saturated heterocycles. The smallest absolute Gasteiger partial charge is 0.186 e. The van der Waals surface area contributed by atoms with E-state index in [0.29, 0.717) is 6.54 Å². The summed E-state index contributed by atoms with van der Waals surface area (Å²) < 4.78 is 0. The van der Waals surface area contributed by atoms with Crippen molar-refractivity contribution in [1.29, 1.82) is 0 Å². The van der Waals surface area contributed by atoms with Crippen molar-refractivity contribution in [3.63, 3.8) is 0 Å². The molecular formula is C11H17IN4. The largest absolute Gasteiger partial charge is 0.370 e. The van der Waals surface area contributed by atoms with Gasteiger partial charge in [0.25, 0.3) is 0 Å². The first-order valence-corrected chi connectivity index (χ1v) is 5.29. The van der Waals surface area contributed by atoms with Gasteiger partial charge in [0.15, 0.2) is 5.96 Å². The van der Waals surface area contributed by atoms with Crippen LogP contribution >= 0.6 is 24.0 Å². The summed E-state index contributed by atoms with van der Waals surface area (Å²) in [6.45, 7) is 0.482. The van der Waals surface area contributed by atoms with Gasteiger partial charge in [-0.3, -0.25) is 4.98 Å². The molecule has 0 aromatic carbocycles. The van der Waals surface area contributed by atoms with Crippen LogP contribution in [-0.2, 0) is 19.4 Å². The zero-order valence-electron chi connectivity index (χ0n) is 9.15. The van der Waals surface area contributed by atoms with Gasteiger partial charge in [-0.05, 0) is 37.3 Å². The number of aromatic nitrogens is 1. The molecule has 16 heavy (non-hydrogen) atoms. The van der Waals surface area contributed by atoms with E-state index in [1.807, 2.05) is 6.07 Å². The Morgan fingerprint density at radius 2 is 2.00 bits per heavy atom. The topological polar surface area (TPSA) is 77.3 Å². The van der Waals surface area contributed by atoms with Crippen molar-refractivity contribution in [3.8, 4) is 0 Å². The van der Waals surface area contributed by atoms with Crippen molar-refractivity contribution >= 4 is 29.9 Å². The average molecular weight is 332 g/mol. The Kier molecular flexibility index (Phi) is 4.98. The van der Waals surface area contributed by atoms with Gasteiger partial charge in [-0.2, -0.15) is 0 Å². The first-order chi connectivity index (χ1) is 7.25. The number of rotatable bonds is 2. The molecule has 2 rings (SSSR count). The number of nitrogens with two attached hydrogens (primary N) is 2. The maximum Gasteiger partial charge on any atom is 0.186 e. The van der Waals surface area contributed by atoms with Gasteiger partial charge in [0.05, 0.1) is 12.2 Å². The van der Waals surface area contributed by atoms with Crippen LogP contribution in [-0.4, -0.2) is 10.9 Å². The van der Waals surface area contributed by atoms with Crippen LogP contribution in [0.1, 0.15) is 29.8 Å². The summed E-state index contributed by atoms with van der Waals surface area (Å²) in [6, 6.07) is 4.16. The van der Waals surface area contributed by atoms with Crippen molar-refractivity contribution in [2.24, 2.45) is 16.5 Å². The molecule has 0 radical (unpaired) electrons. The molecule has 4 nitrogen and oxygen atoms in total. The minimum atomic E-state index is 0. The number of hydrogen-bond donors (Lipinski definition) is 2. The summed E-state index contributed by atoms with van der Waals surface area (Å²) >= 11 is 0. The molecule has 0 unspecified atom stereocenters. The highest BCUT2D eigenvalue weighted by atomic mass is 127. The summed E-state index contributed by atoms with van der Waals surface area (Å²) in [5, 5.41) is 0. The van der Waals surface area contributed by atoms with E-state index < -0.39 is 0 Å². The lowest BCUT2D eigenvalue weighted by atomic mass is 9.96. The number of fused-ring (bicyclic) bond motifs is 1. The van der Waals surface area contributed by atoms with E-state index in [1.165, 1.54) is 24.1 Å². The van der Waals surface area contributed by atoms with Crippen LogP contribution in [0.5, 0.6) is 0 Å². The van der Waals surface area contributed by atoms with Gasteiger partial charge in [0, 0.05) is 5.69 Å². The van der Waals surface area contributed by atoms with Crippen molar-refractivity contribution in [2.45, 2.75) is 32.2 Å². The summed E-state index contributed by atoms with van der Waals surface area (Å²) in [5.74, 6) is 0.120. The van der Waals surface area contributed by atoms with Crippen molar-refractivity contribution in [1.82, 2.24) is 4.98 Å². The van der Waals surface area contributed by atoms with Crippen molar-refractivity contribution in [3.05, 3.63) is 29.1 Å². The zero-order chi connectivity index (χ0) is 10.7. The first-order valence-electron chi connectivity index (χ1n) is 5.29. The Morgan fingerprint density at radius 1 is 1.25 bits per heavy atom. The van der Waals surface area contributed by atoms with E-state index in [1.54, 1.807) is 0 Å². The van der Waals surface area contributed by atoms with E-state index in [-0.39, 0.29) is 29.9 Å². The highest BCUT2D eigenvalue weighted by Gasteiger charge is 2.10. The molecule has 5 heteroatoms. The molecule has 0 spiro atoms. The predicted molar refractivity (Wildman–Crippen MR) is 75.8 cm³/mol. The highest BCUT2D eigenvalue weighted by molar-refractivity contribution is 14.0. The van der Waals surface area contributed by atoms with Crippen LogP contribution in [0.2, 0.25) is 0 Å². The fourth-order valence-corrected chi connectivity index (χ4v) is 1.89. The van der Waals surface area contributed by atoms with Gasteiger partial charge in [0.2, 0.25) is 0 Å². The third kappa shape index (κ3) is 3.33. The van der Waals surface area contributed by atoms with Gasteiger partial charge < -0.3 is 11.5 Å². The fraction of sp³-hybridized carbons (Fsp3) is 0.455. The second-order valence-corrected chi connectivity index (χ2v) is 3.86. The maximum absolute atomic E-state index is 5.28. The second kappa shape index (κ2) is 6.03. The standard InChI is InChI=1S/C11H16N4.HI/c12-11(13)14-7-9-6-5-8-3-1-2-4-10(8)15-9;/h5-6H,1-4,7H2,(H4,12,13,14);1H. The molecule has 0 aliphatic heterocycles. The Labute approximate surface area is 113 Å². The lowest BCUT2D eigenvalue weighted by Gasteiger charge is -2.14. The van der Waals surface area contributed by atoms with Crippen LogP contribution in [0, 0.1) is 0 Å². The van der Waals surface area contributed by atoms with E-state index >= 15 is 0 Å². The first kappa shape index (κ1) is 13.2. The minimum absolute atomic E-state index is 0. The molecule has 1 aliphatic carbocycles. The van der Waals surface area contributed by atoms with Crippen LogP contribution in [0.15, 0.2) is 17.1 Å². The summed E-state index contributed by atoms with van der Waals surface area (Å²) in [6.07, 6.45) is 4.77. The quantitative estimate of drug-likeness (QED) is 0.488. The maximum atomic E-state index is 5.28. The minimum Gasteiger partial charge on any atom is -0.370 e. The van der Waals surface area contributed by atoms with Gasteiger partial charge in [-0.15, -0.1) is 24.0 Å². The molecule has 0 bridgehead atoms. The molecule has 4 N–H and O–H groups in total. The lowest BCUT2D eigenvalue weighted by molar-refractivity contribution is 0.663. The van der Waals surface area contributed by atoms with Crippen molar-refractivity contribution in [2.75, 3.05) is 0 Å². The van der Waals surface area contributed by atoms with E-state index in [9.17, 15) is 0 Å². The number of guanidine groups is 1. The summed E-state index contributed by atoms with van der Waals surface area (Å²) in [7, 11) is 0. The van der Waals surface area contributed by atoms with E-state index in [4.69, 9.17) is 11.5 Å². The average Bonchev–Trinajstić information content (AvgIpc) is 2.26. The third-order valence-electron chi connectivity index (χ3n) is 2.66. The number of hydrogen-bond acceptors (Lipinski definition) is 2. The molecule has 88 valence electrons. The molecule has 0 fully saturated rings. The van der Waals surface area contributed by atoms with Crippen LogP contribution in [0.3, 0.4) is 0 Å². The van der Waals surface area contributed by atoms with Crippen LogP contribution < -0.4 is 11.5 Å². The normalized spacial score (nSPS) is 13.5. The third-order valence-corrected chi connectivity index (χ3v) is 2.66. The lowest BCUT2D eigenvalue weighted by Crippen LogP contribution is -2.22. The SMILES string of the molecule is I.NC(N)=NCc1ccc2c(n1)CCCC2. The fourth-order valence-electron chi connectivity index (χ4n) is 1.89. The number of aliphatic imine (C=N–C) groups is 1. The van der Waals surface area contributed by atoms with E-state index in [2.05, 4.69) is 16.0 Å². The van der Waals surface area contributed by atoms with Crippen molar-refractivity contribution < 1.29 is 0 Å². The van der Waals surface area contributed by atoms with E-state index in [0.717, 1.165) is 18.5 Å². The number of aryl methyl sites for hydroxylation is 2.